The third kappa shape index (κ3) is 3.49. The van der Waals surface area contributed by atoms with Gasteiger partial charge in [0.25, 0.3) is 5.91 Å². The number of benzene rings is 1. The summed E-state index contributed by atoms with van der Waals surface area (Å²) in [6.45, 7) is 1.84. The summed E-state index contributed by atoms with van der Waals surface area (Å²) in [4.78, 5) is 23.6. The molecule has 3 aromatic rings. The largest absolute Gasteiger partial charge is 0.352 e. The zero-order chi connectivity index (χ0) is 16.2. The molecule has 0 saturated heterocycles. The Labute approximate surface area is 138 Å². The molecule has 0 aliphatic heterocycles. The van der Waals surface area contributed by atoms with Gasteiger partial charge in [0.05, 0.1) is 11.3 Å². The molecule has 2 heterocycles. The minimum Gasteiger partial charge on any atom is -0.352 e. The van der Waals surface area contributed by atoms with Gasteiger partial charge in [-0.15, -0.1) is 0 Å². The van der Waals surface area contributed by atoms with Gasteiger partial charge in [-0.25, -0.2) is 9.97 Å². The van der Waals surface area contributed by atoms with Gasteiger partial charge in [-0.1, -0.05) is 24.4 Å². The third-order valence-electron chi connectivity index (χ3n) is 3.26. The number of carbonyl (C=O) groups is 1. The van der Waals surface area contributed by atoms with E-state index >= 15 is 0 Å². The first kappa shape index (κ1) is 15.1. The van der Waals surface area contributed by atoms with Crippen molar-refractivity contribution in [3.8, 4) is 11.3 Å². The van der Waals surface area contributed by atoms with E-state index in [1.54, 1.807) is 24.5 Å². The molecule has 0 spiro atoms. The molecule has 3 rings (SSSR count). The molecule has 1 amide bonds. The fourth-order valence-corrected chi connectivity index (χ4v) is 2.40. The highest BCUT2D eigenvalue weighted by molar-refractivity contribution is 7.71. The van der Waals surface area contributed by atoms with Crippen LogP contribution in [0.3, 0.4) is 0 Å². The number of hydrogen-bond acceptors (Lipinski definition) is 4. The first-order valence-electron chi connectivity index (χ1n) is 7.02. The summed E-state index contributed by atoms with van der Waals surface area (Å²) in [6, 6.07) is 12.8. The first-order chi connectivity index (χ1) is 11.1. The highest BCUT2D eigenvalue weighted by Gasteiger charge is 2.09. The number of pyridine rings is 1. The van der Waals surface area contributed by atoms with Crippen LogP contribution in [0.25, 0.3) is 11.3 Å². The highest BCUT2D eigenvalue weighted by atomic mass is 32.1. The molecular formula is C17H14N4OS. The summed E-state index contributed by atoms with van der Waals surface area (Å²) < 4.78 is 0.410. The Kier molecular flexibility index (Phi) is 4.25. The van der Waals surface area contributed by atoms with Crippen molar-refractivity contribution in [2.75, 3.05) is 5.32 Å². The van der Waals surface area contributed by atoms with Gasteiger partial charge in [0, 0.05) is 23.6 Å². The van der Waals surface area contributed by atoms with Gasteiger partial charge in [-0.2, -0.15) is 0 Å². The maximum Gasteiger partial charge on any atom is 0.258 e. The monoisotopic (exact) mass is 322 g/mol. The Morgan fingerprint density at radius 2 is 2.09 bits per heavy atom. The van der Waals surface area contributed by atoms with E-state index in [1.807, 2.05) is 37.3 Å². The molecule has 0 fully saturated rings. The molecule has 2 aromatic heterocycles. The lowest BCUT2D eigenvalue weighted by molar-refractivity contribution is 0.102. The van der Waals surface area contributed by atoms with E-state index in [9.17, 15) is 4.79 Å². The van der Waals surface area contributed by atoms with Crippen LogP contribution in [0.5, 0.6) is 0 Å². The smallest absolute Gasteiger partial charge is 0.258 e. The van der Waals surface area contributed by atoms with Crippen molar-refractivity contribution in [1.82, 2.24) is 15.0 Å². The SMILES string of the molecule is Cc1nccc(-c2cccc(NC(=O)c3ccc[nH]c3=S)c2)n1. The highest BCUT2D eigenvalue weighted by Crippen LogP contribution is 2.21. The number of anilines is 1. The van der Waals surface area contributed by atoms with Crippen molar-refractivity contribution in [2.24, 2.45) is 0 Å². The molecule has 1 aromatic carbocycles. The second-order valence-corrected chi connectivity index (χ2v) is 5.35. The maximum atomic E-state index is 12.3. The van der Waals surface area contributed by atoms with Gasteiger partial charge in [0.15, 0.2) is 0 Å². The molecule has 0 saturated carbocycles. The molecule has 0 radical (unpaired) electrons. The van der Waals surface area contributed by atoms with E-state index in [-0.39, 0.29) is 5.91 Å². The van der Waals surface area contributed by atoms with E-state index in [0.717, 1.165) is 11.3 Å². The molecule has 0 atom stereocenters. The zero-order valence-corrected chi connectivity index (χ0v) is 13.2. The summed E-state index contributed by atoms with van der Waals surface area (Å²) in [5, 5.41) is 2.85. The van der Waals surface area contributed by atoms with Gasteiger partial charge >= 0.3 is 0 Å². The maximum absolute atomic E-state index is 12.3. The quantitative estimate of drug-likeness (QED) is 0.720. The van der Waals surface area contributed by atoms with E-state index in [4.69, 9.17) is 12.2 Å². The van der Waals surface area contributed by atoms with Crippen LogP contribution < -0.4 is 5.32 Å². The fourth-order valence-electron chi connectivity index (χ4n) is 2.17. The Hall–Kier alpha value is -2.86. The summed E-state index contributed by atoms with van der Waals surface area (Å²) in [6.07, 6.45) is 3.41. The average molecular weight is 322 g/mol. The number of H-pyrrole nitrogens is 1. The molecule has 5 nitrogen and oxygen atoms in total. The van der Waals surface area contributed by atoms with Crippen LogP contribution in [-0.2, 0) is 0 Å². The number of carbonyl (C=O) groups excluding carboxylic acids is 1. The van der Waals surface area contributed by atoms with Gasteiger partial charge in [0.1, 0.15) is 10.5 Å². The van der Waals surface area contributed by atoms with Gasteiger partial charge in [0.2, 0.25) is 0 Å². The number of aromatic amines is 1. The Bertz CT molecular complexity index is 920. The van der Waals surface area contributed by atoms with Gasteiger partial charge in [-0.3, -0.25) is 4.79 Å². The lowest BCUT2D eigenvalue weighted by Crippen LogP contribution is -2.12. The molecule has 114 valence electrons. The summed E-state index contributed by atoms with van der Waals surface area (Å²) in [7, 11) is 0. The standard InChI is InChI=1S/C17H14N4OS/c1-11-18-9-7-15(20-11)12-4-2-5-13(10-12)21-16(22)14-6-3-8-19-17(14)23/h2-10H,1H3,(H,19,23)(H,21,22). The third-order valence-corrected chi connectivity index (χ3v) is 3.59. The van der Waals surface area contributed by atoms with Crippen LogP contribution >= 0.6 is 12.2 Å². The lowest BCUT2D eigenvalue weighted by Gasteiger charge is -2.08. The fraction of sp³-hybridized carbons (Fsp3) is 0.0588. The van der Waals surface area contributed by atoms with Gasteiger partial charge < -0.3 is 10.3 Å². The molecule has 0 bridgehead atoms. The number of hydrogen-bond donors (Lipinski definition) is 2. The normalized spacial score (nSPS) is 10.3. The number of aromatic nitrogens is 3. The number of rotatable bonds is 3. The molecule has 23 heavy (non-hydrogen) atoms. The van der Waals surface area contributed by atoms with Crippen LogP contribution in [0.4, 0.5) is 5.69 Å². The van der Waals surface area contributed by atoms with Crippen molar-refractivity contribution >= 4 is 23.8 Å². The molecule has 0 aliphatic carbocycles. The van der Waals surface area contributed by atoms with Gasteiger partial charge in [-0.05, 0) is 37.3 Å². The predicted molar refractivity (Wildman–Crippen MR) is 91.8 cm³/mol. The summed E-state index contributed by atoms with van der Waals surface area (Å²) in [5.74, 6) is 0.454. The van der Waals surface area contributed by atoms with E-state index < -0.39 is 0 Å². The van der Waals surface area contributed by atoms with Crippen molar-refractivity contribution < 1.29 is 4.79 Å². The second-order valence-electron chi connectivity index (χ2n) is 4.94. The minimum atomic E-state index is -0.247. The topological polar surface area (TPSA) is 70.7 Å². The Balaban J connectivity index is 1.87. The van der Waals surface area contributed by atoms with Crippen molar-refractivity contribution in [3.63, 3.8) is 0 Å². The number of amides is 1. The molecule has 2 N–H and O–H groups in total. The van der Waals surface area contributed by atoms with Crippen LogP contribution in [0.2, 0.25) is 0 Å². The van der Waals surface area contributed by atoms with Crippen LogP contribution in [-0.4, -0.2) is 20.9 Å². The number of aryl methyl sites for hydroxylation is 1. The Morgan fingerprint density at radius 1 is 1.22 bits per heavy atom. The molecule has 0 aliphatic rings. The van der Waals surface area contributed by atoms with E-state index in [2.05, 4.69) is 20.3 Å². The van der Waals surface area contributed by atoms with Crippen molar-refractivity contribution in [2.45, 2.75) is 6.92 Å². The summed E-state index contributed by atoms with van der Waals surface area (Å²) >= 11 is 5.13. The van der Waals surface area contributed by atoms with Crippen molar-refractivity contribution in [3.05, 3.63) is 70.9 Å². The van der Waals surface area contributed by atoms with Crippen molar-refractivity contribution in [1.29, 1.82) is 0 Å². The molecular weight excluding hydrogens is 308 g/mol. The van der Waals surface area contributed by atoms with E-state index in [0.29, 0.717) is 21.7 Å². The summed E-state index contributed by atoms with van der Waals surface area (Å²) in [5.41, 5.74) is 2.84. The molecule has 6 heteroatoms. The van der Waals surface area contributed by atoms with E-state index in [1.165, 1.54) is 0 Å². The predicted octanol–water partition coefficient (Wildman–Crippen LogP) is 3.76. The zero-order valence-electron chi connectivity index (χ0n) is 12.4. The van der Waals surface area contributed by atoms with Crippen LogP contribution in [0.15, 0.2) is 54.9 Å². The van der Waals surface area contributed by atoms with Crippen LogP contribution in [0, 0.1) is 11.6 Å². The second kappa shape index (κ2) is 6.50. The lowest BCUT2D eigenvalue weighted by atomic mass is 10.1. The number of nitrogens with zero attached hydrogens (tertiary/aromatic N) is 2. The Morgan fingerprint density at radius 3 is 2.87 bits per heavy atom. The minimum absolute atomic E-state index is 0.247. The average Bonchev–Trinajstić information content (AvgIpc) is 2.55. The van der Waals surface area contributed by atoms with Crippen LogP contribution in [0.1, 0.15) is 16.2 Å². The molecule has 0 unspecified atom stereocenters. The first-order valence-corrected chi connectivity index (χ1v) is 7.43. The number of nitrogens with one attached hydrogen (secondary N) is 2.